The van der Waals surface area contributed by atoms with Gasteiger partial charge in [-0.25, -0.2) is 0 Å². The van der Waals surface area contributed by atoms with Crippen molar-refractivity contribution in [2.24, 2.45) is 0 Å². The third-order valence-corrected chi connectivity index (χ3v) is 3.08. The topological polar surface area (TPSA) is 21.3 Å². The standard InChI is InChI=1S/C16H18ClNO/c1-12-6-7-16(13(2)10-12)19-9-8-18-15-5-3-4-14(17)11-15/h3-7,10-11,18H,8-9H2,1-2H3. The van der Waals surface area contributed by atoms with Crippen molar-refractivity contribution in [2.45, 2.75) is 13.8 Å². The number of nitrogens with one attached hydrogen (secondary N) is 1. The zero-order valence-corrected chi connectivity index (χ0v) is 12.0. The Bertz CT molecular complexity index is 554. The van der Waals surface area contributed by atoms with Crippen LogP contribution in [0.2, 0.25) is 5.02 Å². The molecule has 19 heavy (non-hydrogen) atoms. The summed E-state index contributed by atoms with van der Waals surface area (Å²) in [5, 5.41) is 4.01. The molecule has 1 N–H and O–H groups in total. The van der Waals surface area contributed by atoms with E-state index < -0.39 is 0 Å². The summed E-state index contributed by atoms with van der Waals surface area (Å²) < 4.78 is 5.75. The van der Waals surface area contributed by atoms with Crippen LogP contribution in [0.4, 0.5) is 5.69 Å². The molecule has 0 aromatic heterocycles. The third-order valence-electron chi connectivity index (χ3n) is 2.84. The monoisotopic (exact) mass is 275 g/mol. The molecule has 0 spiro atoms. The van der Waals surface area contributed by atoms with Crippen molar-refractivity contribution >= 4 is 17.3 Å². The number of hydrogen-bond acceptors (Lipinski definition) is 2. The van der Waals surface area contributed by atoms with E-state index in [4.69, 9.17) is 16.3 Å². The first-order valence-electron chi connectivity index (χ1n) is 6.34. The van der Waals surface area contributed by atoms with Crippen LogP contribution in [0.5, 0.6) is 5.75 Å². The van der Waals surface area contributed by atoms with Crippen molar-refractivity contribution in [1.82, 2.24) is 0 Å². The first-order valence-corrected chi connectivity index (χ1v) is 6.72. The van der Waals surface area contributed by atoms with Crippen LogP contribution in [0.15, 0.2) is 42.5 Å². The smallest absolute Gasteiger partial charge is 0.122 e. The van der Waals surface area contributed by atoms with Crippen LogP contribution in [0.3, 0.4) is 0 Å². The van der Waals surface area contributed by atoms with Gasteiger partial charge in [-0.2, -0.15) is 0 Å². The maximum atomic E-state index is 5.92. The van der Waals surface area contributed by atoms with Gasteiger partial charge in [-0.15, -0.1) is 0 Å². The van der Waals surface area contributed by atoms with E-state index in [0.29, 0.717) is 6.61 Å². The Balaban J connectivity index is 1.81. The van der Waals surface area contributed by atoms with E-state index in [9.17, 15) is 0 Å². The number of ether oxygens (including phenoxy) is 1. The zero-order valence-electron chi connectivity index (χ0n) is 11.2. The second-order valence-corrected chi connectivity index (χ2v) is 4.99. The molecule has 0 unspecified atom stereocenters. The van der Waals surface area contributed by atoms with Gasteiger partial charge in [0.2, 0.25) is 0 Å². The minimum Gasteiger partial charge on any atom is -0.491 e. The first kappa shape index (κ1) is 13.8. The quantitative estimate of drug-likeness (QED) is 0.814. The van der Waals surface area contributed by atoms with Gasteiger partial charge in [-0.3, -0.25) is 0 Å². The largest absolute Gasteiger partial charge is 0.491 e. The maximum absolute atomic E-state index is 5.92. The Morgan fingerprint density at radius 3 is 2.68 bits per heavy atom. The third kappa shape index (κ3) is 4.18. The summed E-state index contributed by atoms with van der Waals surface area (Å²) in [5.74, 6) is 0.943. The molecular formula is C16H18ClNO. The van der Waals surface area contributed by atoms with Crippen molar-refractivity contribution in [2.75, 3.05) is 18.5 Å². The van der Waals surface area contributed by atoms with Gasteiger partial charge in [0.05, 0.1) is 0 Å². The molecule has 0 heterocycles. The van der Waals surface area contributed by atoms with Gasteiger partial charge in [-0.05, 0) is 43.7 Å². The molecular weight excluding hydrogens is 258 g/mol. The van der Waals surface area contributed by atoms with Crippen molar-refractivity contribution in [3.05, 3.63) is 58.6 Å². The molecule has 0 aliphatic heterocycles. The van der Waals surface area contributed by atoms with Gasteiger partial charge < -0.3 is 10.1 Å². The minimum absolute atomic E-state index is 0.621. The van der Waals surface area contributed by atoms with E-state index >= 15 is 0 Å². The van der Waals surface area contributed by atoms with Crippen LogP contribution < -0.4 is 10.1 Å². The van der Waals surface area contributed by atoms with Crippen LogP contribution in [0.1, 0.15) is 11.1 Å². The first-order chi connectivity index (χ1) is 9.15. The number of halogens is 1. The summed E-state index contributed by atoms with van der Waals surface area (Å²) in [6, 6.07) is 13.9. The molecule has 100 valence electrons. The van der Waals surface area contributed by atoms with Crippen LogP contribution in [0, 0.1) is 13.8 Å². The predicted octanol–water partition coefficient (Wildman–Crippen LogP) is 4.45. The number of anilines is 1. The van der Waals surface area contributed by atoms with Gasteiger partial charge in [0.25, 0.3) is 0 Å². The maximum Gasteiger partial charge on any atom is 0.122 e. The lowest BCUT2D eigenvalue weighted by molar-refractivity contribution is 0.330. The fourth-order valence-electron chi connectivity index (χ4n) is 1.92. The highest BCUT2D eigenvalue weighted by atomic mass is 35.5. The van der Waals surface area contributed by atoms with E-state index in [2.05, 4.69) is 31.3 Å². The molecule has 0 amide bonds. The van der Waals surface area contributed by atoms with Crippen molar-refractivity contribution in [3.63, 3.8) is 0 Å². The van der Waals surface area contributed by atoms with Crippen LogP contribution in [-0.2, 0) is 0 Å². The van der Waals surface area contributed by atoms with Gasteiger partial charge in [0, 0.05) is 17.3 Å². The molecule has 2 aromatic rings. The van der Waals surface area contributed by atoms with E-state index in [1.165, 1.54) is 11.1 Å². The second-order valence-electron chi connectivity index (χ2n) is 4.55. The molecule has 3 heteroatoms. The summed E-state index contributed by atoms with van der Waals surface area (Å²) in [6.45, 7) is 5.51. The Kier molecular flexibility index (Phi) is 4.69. The van der Waals surface area contributed by atoms with Gasteiger partial charge >= 0.3 is 0 Å². The normalized spacial score (nSPS) is 10.3. The van der Waals surface area contributed by atoms with Crippen LogP contribution in [0.25, 0.3) is 0 Å². The molecule has 0 aliphatic rings. The zero-order chi connectivity index (χ0) is 13.7. The lowest BCUT2D eigenvalue weighted by Crippen LogP contribution is -2.11. The number of rotatable bonds is 5. The fourth-order valence-corrected chi connectivity index (χ4v) is 2.11. The predicted molar refractivity (Wildman–Crippen MR) is 81.4 cm³/mol. The van der Waals surface area contributed by atoms with E-state index in [0.717, 1.165) is 23.0 Å². The molecule has 0 radical (unpaired) electrons. The molecule has 0 atom stereocenters. The average Bonchev–Trinajstić information content (AvgIpc) is 2.37. The number of benzene rings is 2. The fraction of sp³-hybridized carbons (Fsp3) is 0.250. The summed E-state index contributed by atoms with van der Waals surface area (Å²) in [6.07, 6.45) is 0. The minimum atomic E-state index is 0.621. The molecule has 0 aliphatic carbocycles. The van der Waals surface area contributed by atoms with Crippen LogP contribution >= 0.6 is 11.6 Å². The summed E-state index contributed by atoms with van der Waals surface area (Å²) in [4.78, 5) is 0. The highest BCUT2D eigenvalue weighted by molar-refractivity contribution is 6.30. The molecule has 0 fully saturated rings. The van der Waals surface area contributed by atoms with Crippen molar-refractivity contribution in [1.29, 1.82) is 0 Å². The highest BCUT2D eigenvalue weighted by Gasteiger charge is 1.99. The Morgan fingerprint density at radius 1 is 1.11 bits per heavy atom. The average molecular weight is 276 g/mol. The lowest BCUT2D eigenvalue weighted by atomic mass is 10.1. The SMILES string of the molecule is Cc1ccc(OCCNc2cccc(Cl)c2)c(C)c1. The van der Waals surface area contributed by atoms with Crippen molar-refractivity contribution in [3.8, 4) is 5.75 Å². The molecule has 0 bridgehead atoms. The Morgan fingerprint density at radius 2 is 1.95 bits per heavy atom. The second kappa shape index (κ2) is 6.48. The molecule has 2 nitrogen and oxygen atoms in total. The highest BCUT2D eigenvalue weighted by Crippen LogP contribution is 2.18. The van der Waals surface area contributed by atoms with E-state index in [1.54, 1.807) is 0 Å². The number of hydrogen-bond donors (Lipinski definition) is 1. The number of aryl methyl sites for hydroxylation is 2. The lowest BCUT2D eigenvalue weighted by Gasteiger charge is -2.11. The Labute approximate surface area is 119 Å². The van der Waals surface area contributed by atoms with Gasteiger partial charge in [0.15, 0.2) is 0 Å². The molecule has 0 saturated carbocycles. The van der Waals surface area contributed by atoms with Gasteiger partial charge in [-0.1, -0.05) is 35.4 Å². The summed E-state index contributed by atoms with van der Waals surface area (Å²) >= 11 is 5.92. The molecule has 2 rings (SSSR count). The van der Waals surface area contributed by atoms with Crippen molar-refractivity contribution < 1.29 is 4.74 Å². The van der Waals surface area contributed by atoms with Crippen LogP contribution in [-0.4, -0.2) is 13.2 Å². The molecule has 0 saturated heterocycles. The molecule has 2 aromatic carbocycles. The van der Waals surface area contributed by atoms with Gasteiger partial charge in [0.1, 0.15) is 12.4 Å². The summed E-state index contributed by atoms with van der Waals surface area (Å²) in [7, 11) is 0. The summed E-state index contributed by atoms with van der Waals surface area (Å²) in [5.41, 5.74) is 3.43. The van der Waals surface area contributed by atoms with E-state index in [-0.39, 0.29) is 0 Å². The van der Waals surface area contributed by atoms with E-state index in [1.807, 2.05) is 30.3 Å². The Hall–Kier alpha value is -1.67.